The summed E-state index contributed by atoms with van der Waals surface area (Å²) in [4.78, 5) is 4.65. The largest absolute Gasteiger partial charge is 0.339 e. The van der Waals surface area contributed by atoms with Gasteiger partial charge in [0.2, 0.25) is 5.89 Å². The van der Waals surface area contributed by atoms with E-state index in [4.69, 9.17) is 4.52 Å². The summed E-state index contributed by atoms with van der Waals surface area (Å²) in [6.07, 6.45) is 11.3. The number of nitrogens with one attached hydrogen (secondary N) is 1. The lowest BCUT2D eigenvalue weighted by Gasteiger charge is -2.26. The first-order valence-corrected chi connectivity index (χ1v) is 8.41. The van der Waals surface area contributed by atoms with Crippen molar-refractivity contribution in [2.24, 2.45) is 5.92 Å². The second kappa shape index (κ2) is 6.70. The zero-order valence-corrected chi connectivity index (χ0v) is 12.6. The Kier molecular flexibility index (Phi) is 4.71. The van der Waals surface area contributed by atoms with Gasteiger partial charge in [0, 0.05) is 18.4 Å². The van der Waals surface area contributed by atoms with E-state index in [2.05, 4.69) is 22.4 Å². The Morgan fingerprint density at radius 1 is 1.20 bits per heavy atom. The predicted molar refractivity (Wildman–Crippen MR) is 78.6 cm³/mol. The minimum Gasteiger partial charge on any atom is -0.339 e. The maximum atomic E-state index is 5.45. The summed E-state index contributed by atoms with van der Waals surface area (Å²) >= 11 is 0. The van der Waals surface area contributed by atoms with Crippen LogP contribution in [0.25, 0.3) is 0 Å². The van der Waals surface area contributed by atoms with Crippen molar-refractivity contribution in [3.05, 3.63) is 11.7 Å². The van der Waals surface area contributed by atoms with Gasteiger partial charge in [-0.05, 0) is 51.0 Å². The van der Waals surface area contributed by atoms with E-state index in [0.29, 0.717) is 12.0 Å². The summed E-state index contributed by atoms with van der Waals surface area (Å²) < 4.78 is 5.45. The van der Waals surface area contributed by atoms with Gasteiger partial charge >= 0.3 is 0 Å². The molecule has 0 amide bonds. The molecule has 1 saturated carbocycles. The van der Waals surface area contributed by atoms with E-state index in [1.807, 2.05) is 0 Å². The topological polar surface area (TPSA) is 51.0 Å². The molecular formula is C16H27N3O. The molecule has 3 rings (SSSR count). The first-order valence-electron chi connectivity index (χ1n) is 8.41. The van der Waals surface area contributed by atoms with Gasteiger partial charge in [-0.15, -0.1) is 0 Å². The molecule has 1 unspecified atom stereocenters. The predicted octanol–water partition coefficient (Wildman–Crippen LogP) is 3.44. The molecule has 1 saturated heterocycles. The lowest BCUT2D eigenvalue weighted by atomic mass is 9.80. The van der Waals surface area contributed by atoms with Gasteiger partial charge in [-0.1, -0.05) is 24.9 Å². The summed E-state index contributed by atoms with van der Waals surface area (Å²) in [6, 6.07) is 0.545. The molecule has 1 aromatic rings. The third-order valence-corrected chi connectivity index (χ3v) is 4.98. The molecule has 4 heteroatoms. The highest BCUT2D eigenvalue weighted by molar-refractivity contribution is 4.99. The first kappa shape index (κ1) is 14.1. The molecule has 0 aromatic carbocycles. The van der Waals surface area contributed by atoms with Crippen molar-refractivity contribution in [1.29, 1.82) is 0 Å². The van der Waals surface area contributed by atoms with Gasteiger partial charge in [-0.3, -0.25) is 0 Å². The van der Waals surface area contributed by atoms with E-state index >= 15 is 0 Å². The fourth-order valence-electron chi connectivity index (χ4n) is 3.78. The molecular weight excluding hydrogens is 250 g/mol. The van der Waals surface area contributed by atoms with E-state index in [0.717, 1.165) is 30.6 Å². The van der Waals surface area contributed by atoms with Crippen LogP contribution in [0.4, 0.5) is 0 Å². The lowest BCUT2D eigenvalue weighted by Crippen LogP contribution is -2.23. The van der Waals surface area contributed by atoms with Crippen LogP contribution in [0.5, 0.6) is 0 Å². The van der Waals surface area contributed by atoms with E-state index in [1.165, 1.54) is 51.4 Å². The van der Waals surface area contributed by atoms with Crippen molar-refractivity contribution in [3.8, 4) is 0 Å². The fourth-order valence-corrected chi connectivity index (χ4v) is 3.78. The van der Waals surface area contributed by atoms with Gasteiger partial charge in [0.15, 0.2) is 5.82 Å². The molecule has 1 N–H and O–H groups in total. The van der Waals surface area contributed by atoms with Crippen molar-refractivity contribution in [1.82, 2.24) is 15.5 Å². The number of hydrogen-bond donors (Lipinski definition) is 1. The maximum absolute atomic E-state index is 5.45. The van der Waals surface area contributed by atoms with Crippen LogP contribution in [0.3, 0.4) is 0 Å². The SMILES string of the molecule is CCCC1CCC(c2noc(CC3CCCN3)n2)CC1. The molecule has 2 fully saturated rings. The Morgan fingerprint density at radius 2 is 2.05 bits per heavy atom. The van der Waals surface area contributed by atoms with Crippen LogP contribution in [0.15, 0.2) is 4.52 Å². The molecule has 0 bridgehead atoms. The lowest BCUT2D eigenvalue weighted by molar-refractivity contribution is 0.294. The highest BCUT2D eigenvalue weighted by Gasteiger charge is 2.26. The van der Waals surface area contributed by atoms with Gasteiger partial charge in [0.05, 0.1) is 0 Å². The highest BCUT2D eigenvalue weighted by Crippen LogP contribution is 2.36. The van der Waals surface area contributed by atoms with Crippen LogP contribution in [0, 0.1) is 5.92 Å². The number of rotatable bonds is 5. The zero-order valence-electron chi connectivity index (χ0n) is 12.6. The quantitative estimate of drug-likeness (QED) is 0.895. The van der Waals surface area contributed by atoms with Crippen molar-refractivity contribution in [2.45, 2.75) is 76.7 Å². The first-order chi connectivity index (χ1) is 9.85. The summed E-state index contributed by atoms with van der Waals surface area (Å²) in [5, 5.41) is 7.72. The average molecular weight is 277 g/mol. The second-order valence-electron chi connectivity index (χ2n) is 6.55. The van der Waals surface area contributed by atoms with Gasteiger partial charge in [-0.2, -0.15) is 4.98 Å². The van der Waals surface area contributed by atoms with Crippen molar-refractivity contribution in [3.63, 3.8) is 0 Å². The molecule has 1 aliphatic carbocycles. The molecule has 4 nitrogen and oxygen atoms in total. The van der Waals surface area contributed by atoms with Gasteiger partial charge in [0.25, 0.3) is 0 Å². The Bertz CT molecular complexity index is 404. The van der Waals surface area contributed by atoms with E-state index in [1.54, 1.807) is 0 Å². The van der Waals surface area contributed by atoms with E-state index in [9.17, 15) is 0 Å². The normalized spacial score (nSPS) is 30.8. The number of aromatic nitrogens is 2. The Balaban J connectivity index is 1.52. The van der Waals surface area contributed by atoms with E-state index < -0.39 is 0 Å². The minimum absolute atomic E-state index is 0.539. The number of hydrogen-bond acceptors (Lipinski definition) is 4. The summed E-state index contributed by atoms with van der Waals surface area (Å²) in [7, 11) is 0. The van der Waals surface area contributed by atoms with Crippen LogP contribution in [-0.4, -0.2) is 22.7 Å². The third kappa shape index (κ3) is 3.40. The highest BCUT2D eigenvalue weighted by atomic mass is 16.5. The van der Waals surface area contributed by atoms with Crippen LogP contribution < -0.4 is 5.32 Å². The molecule has 2 aliphatic rings. The molecule has 0 radical (unpaired) electrons. The summed E-state index contributed by atoms with van der Waals surface area (Å²) in [5.41, 5.74) is 0. The van der Waals surface area contributed by atoms with Crippen molar-refractivity contribution < 1.29 is 4.52 Å². The minimum atomic E-state index is 0.539. The smallest absolute Gasteiger partial charge is 0.228 e. The Hall–Kier alpha value is -0.900. The molecule has 1 atom stereocenters. The van der Waals surface area contributed by atoms with Crippen LogP contribution in [0.1, 0.15) is 75.9 Å². The fraction of sp³-hybridized carbons (Fsp3) is 0.875. The Morgan fingerprint density at radius 3 is 2.75 bits per heavy atom. The molecule has 112 valence electrons. The zero-order chi connectivity index (χ0) is 13.8. The molecule has 1 aliphatic heterocycles. The van der Waals surface area contributed by atoms with Crippen LogP contribution >= 0.6 is 0 Å². The van der Waals surface area contributed by atoms with E-state index in [-0.39, 0.29) is 0 Å². The molecule has 1 aromatic heterocycles. The molecule has 2 heterocycles. The second-order valence-corrected chi connectivity index (χ2v) is 6.55. The summed E-state index contributed by atoms with van der Waals surface area (Å²) in [5.74, 6) is 3.27. The maximum Gasteiger partial charge on any atom is 0.228 e. The summed E-state index contributed by atoms with van der Waals surface area (Å²) in [6.45, 7) is 3.42. The standard InChI is InChI=1S/C16H27N3O/c1-2-4-12-6-8-13(9-7-12)16-18-15(20-19-16)11-14-5-3-10-17-14/h12-14,17H,2-11H2,1H3. The van der Waals surface area contributed by atoms with Gasteiger partial charge in [0.1, 0.15) is 0 Å². The monoisotopic (exact) mass is 277 g/mol. The van der Waals surface area contributed by atoms with Crippen molar-refractivity contribution in [2.75, 3.05) is 6.54 Å². The third-order valence-electron chi connectivity index (χ3n) is 4.98. The van der Waals surface area contributed by atoms with Gasteiger partial charge in [-0.25, -0.2) is 0 Å². The van der Waals surface area contributed by atoms with Crippen LogP contribution in [-0.2, 0) is 6.42 Å². The van der Waals surface area contributed by atoms with Crippen LogP contribution in [0.2, 0.25) is 0 Å². The van der Waals surface area contributed by atoms with Gasteiger partial charge < -0.3 is 9.84 Å². The average Bonchev–Trinajstić information content (AvgIpc) is 3.12. The number of nitrogens with zero attached hydrogens (tertiary/aromatic N) is 2. The Labute approximate surface area is 121 Å². The van der Waals surface area contributed by atoms with Crippen molar-refractivity contribution >= 4 is 0 Å². The molecule has 0 spiro atoms. The molecule has 20 heavy (non-hydrogen) atoms.